The minimum atomic E-state index is -5.72. The van der Waals surface area contributed by atoms with Gasteiger partial charge in [-0.1, -0.05) is 0 Å². The monoisotopic (exact) mass is 356 g/mol. The van der Waals surface area contributed by atoms with Crippen LogP contribution in [0, 0.1) is 23.2 Å². The Bertz CT molecular complexity index is 524. The smallest absolute Gasteiger partial charge is 0.464 e. The van der Waals surface area contributed by atoms with Crippen molar-refractivity contribution >= 4 is 16.1 Å². The van der Waals surface area contributed by atoms with E-state index in [0.29, 0.717) is 19.1 Å². The molecule has 4 rings (SSSR count). The summed E-state index contributed by atoms with van der Waals surface area (Å²) >= 11 is 0. The van der Waals surface area contributed by atoms with Crippen LogP contribution >= 0.6 is 0 Å². The Labute approximate surface area is 134 Å². The molecule has 0 spiro atoms. The van der Waals surface area contributed by atoms with Crippen molar-refractivity contribution in [3.8, 4) is 0 Å². The average molecular weight is 356 g/mol. The van der Waals surface area contributed by atoms with Crippen LogP contribution in [-0.2, 0) is 19.6 Å². The summed E-state index contributed by atoms with van der Waals surface area (Å²) in [5, 5.41) is 4.54. The normalized spacial score (nSPS) is 35.4. The predicted octanol–water partition coefficient (Wildman–Crippen LogP) is 1.84. The number of carbonyl (C=O) groups excluding carboxylic acids is 1. The predicted molar refractivity (Wildman–Crippen MR) is 76.2 cm³/mol. The lowest BCUT2D eigenvalue weighted by molar-refractivity contribution is -0.158. The summed E-state index contributed by atoms with van der Waals surface area (Å²) in [5.41, 5.74) is 0.398. The second-order valence-corrected chi connectivity index (χ2v) is 8.52. The number of ether oxygens (including phenoxy) is 1. The molecule has 4 aliphatic rings. The van der Waals surface area contributed by atoms with E-state index in [-0.39, 0.29) is 0 Å². The van der Waals surface area contributed by atoms with Crippen LogP contribution in [-0.4, -0.2) is 43.0 Å². The highest BCUT2D eigenvalue weighted by molar-refractivity contribution is 7.87. The van der Waals surface area contributed by atoms with E-state index in [2.05, 4.69) is 4.74 Å². The van der Waals surface area contributed by atoms with E-state index in [4.69, 9.17) is 4.55 Å². The van der Waals surface area contributed by atoms with E-state index in [0.717, 1.165) is 17.8 Å². The minimum Gasteiger partial charge on any atom is -0.464 e. The van der Waals surface area contributed by atoms with Gasteiger partial charge in [-0.05, 0) is 61.7 Å². The summed E-state index contributed by atoms with van der Waals surface area (Å²) in [6.45, 7) is 0.469. The topological polar surface area (TPSA) is 101 Å². The van der Waals surface area contributed by atoms with Crippen LogP contribution < -0.4 is 0 Å². The van der Waals surface area contributed by atoms with Gasteiger partial charge >= 0.3 is 21.3 Å². The first kappa shape index (κ1) is 18.5. The van der Waals surface area contributed by atoms with Gasteiger partial charge in [0.05, 0.1) is 7.11 Å². The van der Waals surface area contributed by atoms with E-state index in [9.17, 15) is 27.1 Å². The first-order valence-electron chi connectivity index (χ1n) is 7.57. The Kier molecular flexibility index (Phi) is 5.04. The van der Waals surface area contributed by atoms with Crippen molar-refractivity contribution in [2.75, 3.05) is 13.7 Å². The molecule has 0 aromatic rings. The lowest BCUT2D eigenvalue weighted by atomic mass is 9.50. The van der Waals surface area contributed by atoms with Crippen LogP contribution in [0.1, 0.15) is 38.5 Å². The van der Waals surface area contributed by atoms with Crippen molar-refractivity contribution in [3.63, 3.8) is 0 Å². The molecule has 0 heterocycles. The maximum absolute atomic E-state index is 12.0. The second kappa shape index (κ2) is 6.25. The van der Waals surface area contributed by atoms with Crippen LogP contribution in [0.4, 0.5) is 8.78 Å². The Morgan fingerprint density at radius 2 is 1.57 bits per heavy atom. The molecule has 0 unspecified atom stereocenters. The van der Waals surface area contributed by atoms with Crippen LogP contribution in [0.25, 0.3) is 0 Å². The highest BCUT2D eigenvalue weighted by Gasteiger charge is 2.53. The average Bonchev–Trinajstić information content (AvgIpc) is 2.44. The Morgan fingerprint density at radius 3 is 1.78 bits per heavy atom. The molecule has 0 amide bonds. The number of esters is 1. The molecular weight excluding hydrogens is 334 g/mol. The number of methoxy groups -OCH3 is 1. The number of halogens is 2. The maximum atomic E-state index is 12.0. The molecule has 2 N–H and O–H groups in total. The zero-order valence-corrected chi connectivity index (χ0v) is 13.7. The number of alkyl halides is 2. The van der Waals surface area contributed by atoms with Crippen molar-refractivity contribution in [1.82, 2.24) is 0 Å². The van der Waals surface area contributed by atoms with Crippen molar-refractivity contribution < 1.29 is 36.4 Å². The van der Waals surface area contributed by atoms with E-state index >= 15 is 0 Å². The van der Waals surface area contributed by atoms with E-state index < -0.39 is 21.3 Å². The lowest BCUT2D eigenvalue weighted by Gasteiger charge is -2.56. The van der Waals surface area contributed by atoms with Crippen molar-refractivity contribution in [1.29, 1.82) is 0 Å². The van der Waals surface area contributed by atoms with Gasteiger partial charge in [-0.25, -0.2) is 4.79 Å². The Morgan fingerprint density at radius 1 is 1.17 bits per heavy atom. The van der Waals surface area contributed by atoms with Crippen LogP contribution in [0.5, 0.6) is 0 Å². The molecule has 4 saturated carbocycles. The summed E-state index contributed by atoms with van der Waals surface area (Å²) in [4.78, 5) is 9.97. The van der Waals surface area contributed by atoms with Gasteiger partial charge < -0.3 is 9.84 Å². The Hall–Kier alpha value is -0.800. The van der Waals surface area contributed by atoms with Gasteiger partial charge in [0.25, 0.3) is 0 Å². The highest BCUT2D eigenvalue weighted by Crippen LogP contribution is 2.59. The van der Waals surface area contributed by atoms with Gasteiger partial charge in [0.1, 0.15) is 0 Å². The number of hydrogen-bond donors (Lipinski definition) is 2. The van der Waals surface area contributed by atoms with Gasteiger partial charge in [-0.2, -0.15) is 17.2 Å². The molecule has 0 aromatic carbocycles. The van der Waals surface area contributed by atoms with Crippen LogP contribution in [0.3, 0.4) is 0 Å². The number of aliphatic hydroxyl groups is 1. The minimum absolute atomic E-state index is 0.398. The molecule has 4 fully saturated rings. The summed E-state index contributed by atoms with van der Waals surface area (Å²) in [5.74, 6) is 0.648. The molecule has 0 atom stereocenters. The van der Waals surface area contributed by atoms with Crippen molar-refractivity contribution in [2.45, 2.75) is 43.8 Å². The van der Waals surface area contributed by atoms with Crippen molar-refractivity contribution in [2.24, 2.45) is 23.2 Å². The van der Waals surface area contributed by atoms with Gasteiger partial charge in [0.15, 0.2) is 0 Å². The highest BCUT2D eigenvalue weighted by atomic mass is 32.2. The third kappa shape index (κ3) is 3.66. The third-order valence-electron chi connectivity index (χ3n) is 5.25. The summed E-state index contributed by atoms with van der Waals surface area (Å²) in [6.07, 6.45) is 8.48. The molecule has 134 valence electrons. The molecule has 4 bridgehead atoms. The van der Waals surface area contributed by atoms with Crippen LogP contribution in [0.2, 0.25) is 0 Å². The summed E-state index contributed by atoms with van der Waals surface area (Å²) in [6, 6.07) is 0. The third-order valence-corrected chi connectivity index (χ3v) is 6.06. The first-order chi connectivity index (χ1) is 10.5. The van der Waals surface area contributed by atoms with Gasteiger partial charge in [-0.15, -0.1) is 0 Å². The second-order valence-electron chi connectivity index (χ2n) is 7.06. The fourth-order valence-corrected chi connectivity index (χ4v) is 5.00. The fourth-order valence-electron chi connectivity index (χ4n) is 4.71. The summed E-state index contributed by atoms with van der Waals surface area (Å²) < 4.78 is 54.7. The molecule has 0 aliphatic heterocycles. The zero-order chi connectivity index (χ0) is 17.5. The zero-order valence-electron chi connectivity index (χ0n) is 12.9. The number of rotatable bonds is 3. The van der Waals surface area contributed by atoms with Gasteiger partial charge in [0.2, 0.25) is 0 Å². The lowest BCUT2D eigenvalue weighted by Crippen LogP contribution is -2.47. The van der Waals surface area contributed by atoms with Gasteiger partial charge in [-0.3, -0.25) is 4.55 Å². The molecular formula is C14H22F2O6S. The molecule has 0 radical (unpaired) electrons. The first-order valence-corrected chi connectivity index (χ1v) is 9.01. The number of aliphatic hydroxyl groups excluding tert-OH is 1. The maximum Gasteiger partial charge on any atom is 0.465 e. The number of carbonyl (C=O) groups is 1. The van der Waals surface area contributed by atoms with Gasteiger partial charge in [0, 0.05) is 6.61 Å². The number of hydrogen-bond acceptors (Lipinski definition) is 5. The quantitative estimate of drug-likeness (QED) is 0.591. The molecule has 23 heavy (non-hydrogen) atoms. The molecule has 9 heteroatoms. The molecule has 6 nitrogen and oxygen atoms in total. The SMILES string of the molecule is COC(=O)C(F)(F)S(=O)(=O)O.OCC12CC3CC(CC(C3)C1)C2. The van der Waals surface area contributed by atoms with E-state index in [1.54, 1.807) is 0 Å². The molecule has 0 aromatic heterocycles. The molecule has 0 saturated heterocycles. The Balaban J connectivity index is 0.000000168. The van der Waals surface area contributed by atoms with E-state index in [1.807, 2.05) is 0 Å². The van der Waals surface area contributed by atoms with Crippen LogP contribution in [0.15, 0.2) is 0 Å². The summed E-state index contributed by atoms with van der Waals surface area (Å²) in [7, 11) is -5.15. The van der Waals surface area contributed by atoms with Crippen molar-refractivity contribution in [3.05, 3.63) is 0 Å². The standard InChI is InChI=1S/C11H18O.C3H4F2O5S/c12-7-11-4-8-1-9(5-11)3-10(2-8)6-11;1-10-2(6)3(4,5)11(7,8)9/h8-10,12H,1-7H2;1H3,(H,7,8,9). The fraction of sp³-hybridized carbons (Fsp3) is 0.929. The largest absolute Gasteiger partial charge is 0.465 e. The van der Waals surface area contributed by atoms with E-state index in [1.165, 1.54) is 38.5 Å². The molecule has 4 aliphatic carbocycles.